The molecule has 0 aliphatic heterocycles. The van der Waals surface area contributed by atoms with E-state index in [1.54, 1.807) is 12.1 Å². The molecule has 1 aromatic rings. The van der Waals surface area contributed by atoms with Crippen molar-refractivity contribution in [1.29, 1.82) is 5.26 Å². The summed E-state index contributed by atoms with van der Waals surface area (Å²) < 4.78 is 5.67. The van der Waals surface area contributed by atoms with Crippen molar-refractivity contribution in [2.45, 2.75) is 20.8 Å². The summed E-state index contributed by atoms with van der Waals surface area (Å²) >= 11 is 0. The van der Waals surface area contributed by atoms with Crippen LogP contribution in [0.15, 0.2) is 24.3 Å². The minimum atomic E-state index is 0.664. The molecule has 0 N–H and O–H groups in total. The van der Waals surface area contributed by atoms with Crippen molar-refractivity contribution in [3.63, 3.8) is 0 Å². The summed E-state index contributed by atoms with van der Waals surface area (Å²) in [6.07, 6.45) is 0. The third-order valence-electron chi connectivity index (χ3n) is 2.73. The zero-order chi connectivity index (χ0) is 13.4. The van der Waals surface area contributed by atoms with Crippen LogP contribution >= 0.6 is 0 Å². The van der Waals surface area contributed by atoms with E-state index in [-0.39, 0.29) is 0 Å². The average Bonchev–Trinajstić information content (AvgIpc) is 2.38. The van der Waals surface area contributed by atoms with Gasteiger partial charge in [0.2, 0.25) is 0 Å². The SMILES string of the molecule is CCN(CCOc1ccc(C#N)cc1)CC(C)C. The molecule has 0 aliphatic rings. The molecule has 18 heavy (non-hydrogen) atoms. The minimum Gasteiger partial charge on any atom is -0.492 e. The van der Waals surface area contributed by atoms with Crippen molar-refractivity contribution < 1.29 is 4.74 Å². The van der Waals surface area contributed by atoms with Crippen molar-refractivity contribution in [3.8, 4) is 11.8 Å². The van der Waals surface area contributed by atoms with Gasteiger partial charge in [-0.1, -0.05) is 20.8 Å². The van der Waals surface area contributed by atoms with E-state index in [1.807, 2.05) is 12.1 Å². The van der Waals surface area contributed by atoms with Gasteiger partial charge in [0.05, 0.1) is 11.6 Å². The van der Waals surface area contributed by atoms with Crippen molar-refractivity contribution >= 4 is 0 Å². The molecular formula is C15H22N2O. The monoisotopic (exact) mass is 246 g/mol. The number of nitriles is 1. The topological polar surface area (TPSA) is 36.3 Å². The van der Waals surface area contributed by atoms with Gasteiger partial charge in [-0.25, -0.2) is 0 Å². The maximum atomic E-state index is 8.70. The third-order valence-corrected chi connectivity index (χ3v) is 2.73. The molecule has 0 radical (unpaired) electrons. The Labute approximate surface area is 110 Å². The first-order valence-corrected chi connectivity index (χ1v) is 6.51. The molecule has 3 nitrogen and oxygen atoms in total. The fourth-order valence-corrected chi connectivity index (χ4v) is 1.81. The second kappa shape index (κ2) is 7.73. The number of rotatable bonds is 7. The molecule has 98 valence electrons. The van der Waals surface area contributed by atoms with E-state index in [0.29, 0.717) is 18.1 Å². The second-order valence-corrected chi connectivity index (χ2v) is 4.77. The maximum Gasteiger partial charge on any atom is 0.119 e. The van der Waals surface area contributed by atoms with Crippen molar-refractivity contribution in [3.05, 3.63) is 29.8 Å². The standard InChI is InChI=1S/C15H22N2O/c1-4-17(12-13(2)3)9-10-18-15-7-5-14(11-16)6-8-15/h5-8,13H,4,9-10,12H2,1-3H3. The highest BCUT2D eigenvalue weighted by molar-refractivity contribution is 5.34. The predicted molar refractivity (Wildman–Crippen MR) is 73.6 cm³/mol. The highest BCUT2D eigenvalue weighted by Gasteiger charge is 2.05. The van der Waals surface area contributed by atoms with E-state index in [4.69, 9.17) is 10.00 Å². The molecule has 0 atom stereocenters. The van der Waals surface area contributed by atoms with Crippen LogP contribution in [0.1, 0.15) is 26.3 Å². The molecule has 0 fully saturated rings. The Bertz CT molecular complexity index is 378. The Morgan fingerprint density at radius 3 is 2.44 bits per heavy atom. The Morgan fingerprint density at radius 2 is 1.94 bits per heavy atom. The first-order valence-electron chi connectivity index (χ1n) is 6.51. The largest absolute Gasteiger partial charge is 0.492 e. The van der Waals surface area contributed by atoms with E-state index in [1.165, 1.54) is 0 Å². The highest BCUT2D eigenvalue weighted by Crippen LogP contribution is 2.11. The molecule has 1 rings (SSSR count). The lowest BCUT2D eigenvalue weighted by atomic mass is 10.2. The molecule has 0 heterocycles. The molecule has 3 heteroatoms. The van der Waals surface area contributed by atoms with Crippen LogP contribution < -0.4 is 4.74 Å². The van der Waals surface area contributed by atoms with Gasteiger partial charge in [-0.3, -0.25) is 4.90 Å². The van der Waals surface area contributed by atoms with Crippen molar-refractivity contribution in [2.24, 2.45) is 5.92 Å². The van der Waals surface area contributed by atoms with Crippen LogP contribution in [0.3, 0.4) is 0 Å². The Hall–Kier alpha value is -1.53. The third kappa shape index (κ3) is 5.20. The number of likely N-dealkylation sites (N-methyl/N-ethyl adjacent to an activating group) is 1. The first-order chi connectivity index (χ1) is 8.65. The Morgan fingerprint density at radius 1 is 1.28 bits per heavy atom. The number of hydrogen-bond acceptors (Lipinski definition) is 3. The van der Waals surface area contributed by atoms with Crippen molar-refractivity contribution in [2.75, 3.05) is 26.2 Å². The lowest BCUT2D eigenvalue weighted by molar-refractivity contribution is 0.200. The summed E-state index contributed by atoms with van der Waals surface area (Å²) in [6, 6.07) is 9.34. The van der Waals surface area contributed by atoms with Gasteiger partial charge in [-0.2, -0.15) is 5.26 Å². The van der Waals surface area contributed by atoms with Crippen LogP contribution in [-0.2, 0) is 0 Å². The molecular weight excluding hydrogens is 224 g/mol. The molecule has 0 aliphatic carbocycles. The van der Waals surface area contributed by atoms with Crippen molar-refractivity contribution in [1.82, 2.24) is 4.90 Å². The predicted octanol–water partition coefficient (Wildman–Crippen LogP) is 2.91. The van der Waals surface area contributed by atoms with E-state index < -0.39 is 0 Å². The highest BCUT2D eigenvalue weighted by atomic mass is 16.5. The zero-order valence-electron chi connectivity index (χ0n) is 11.5. The molecule has 0 unspecified atom stereocenters. The van der Waals surface area contributed by atoms with E-state index in [0.717, 1.165) is 25.4 Å². The number of ether oxygens (including phenoxy) is 1. The van der Waals surface area contributed by atoms with Gasteiger partial charge in [-0.05, 0) is 36.7 Å². The van der Waals surface area contributed by atoms with E-state index in [9.17, 15) is 0 Å². The summed E-state index contributed by atoms with van der Waals surface area (Å²) in [5, 5.41) is 8.70. The van der Waals surface area contributed by atoms with Crippen LogP contribution in [-0.4, -0.2) is 31.1 Å². The summed E-state index contributed by atoms with van der Waals surface area (Å²) in [6.45, 7) is 10.4. The zero-order valence-corrected chi connectivity index (χ0v) is 11.5. The first kappa shape index (κ1) is 14.5. The Balaban J connectivity index is 2.33. The second-order valence-electron chi connectivity index (χ2n) is 4.77. The normalized spacial score (nSPS) is 10.7. The summed E-state index contributed by atoms with van der Waals surface area (Å²) in [5.41, 5.74) is 0.664. The molecule has 1 aromatic carbocycles. The maximum absolute atomic E-state index is 8.70. The van der Waals surface area contributed by atoms with Crippen LogP contribution in [0.5, 0.6) is 5.75 Å². The molecule has 0 bridgehead atoms. The van der Waals surface area contributed by atoms with Crippen LogP contribution in [0.2, 0.25) is 0 Å². The van der Waals surface area contributed by atoms with Gasteiger partial charge in [0.25, 0.3) is 0 Å². The molecule has 0 spiro atoms. The summed E-state index contributed by atoms with van der Waals surface area (Å²) in [5.74, 6) is 1.51. The number of hydrogen-bond donors (Lipinski definition) is 0. The van der Waals surface area contributed by atoms with Gasteiger partial charge in [-0.15, -0.1) is 0 Å². The Kier molecular flexibility index (Phi) is 6.24. The van der Waals surface area contributed by atoms with Gasteiger partial charge in [0.1, 0.15) is 12.4 Å². The molecule has 0 saturated heterocycles. The fourth-order valence-electron chi connectivity index (χ4n) is 1.81. The van der Waals surface area contributed by atoms with Crippen LogP contribution in [0.4, 0.5) is 0 Å². The van der Waals surface area contributed by atoms with Gasteiger partial charge < -0.3 is 4.74 Å². The lowest BCUT2D eigenvalue weighted by Gasteiger charge is -2.22. The van der Waals surface area contributed by atoms with Crippen LogP contribution in [0.25, 0.3) is 0 Å². The number of nitrogens with zero attached hydrogens (tertiary/aromatic N) is 2. The summed E-state index contributed by atoms with van der Waals surface area (Å²) in [7, 11) is 0. The molecule has 0 amide bonds. The van der Waals surface area contributed by atoms with Gasteiger partial charge in [0, 0.05) is 13.1 Å². The minimum absolute atomic E-state index is 0.664. The molecule has 0 saturated carbocycles. The fraction of sp³-hybridized carbons (Fsp3) is 0.533. The lowest BCUT2D eigenvalue weighted by Crippen LogP contribution is -2.31. The smallest absolute Gasteiger partial charge is 0.119 e. The van der Waals surface area contributed by atoms with E-state index >= 15 is 0 Å². The van der Waals surface area contributed by atoms with E-state index in [2.05, 4.69) is 31.7 Å². The number of benzene rings is 1. The van der Waals surface area contributed by atoms with Gasteiger partial charge in [0.15, 0.2) is 0 Å². The quantitative estimate of drug-likeness (QED) is 0.742. The van der Waals surface area contributed by atoms with Gasteiger partial charge >= 0.3 is 0 Å². The summed E-state index contributed by atoms with van der Waals surface area (Å²) in [4.78, 5) is 2.38. The van der Waals surface area contributed by atoms with Crippen LogP contribution in [0, 0.1) is 17.2 Å². The molecule has 0 aromatic heterocycles. The average molecular weight is 246 g/mol.